The van der Waals surface area contributed by atoms with Crippen LogP contribution >= 0.6 is 15.9 Å². The molecule has 1 amide bonds. The average molecular weight is 438 g/mol. The third-order valence-electron chi connectivity index (χ3n) is 4.60. The van der Waals surface area contributed by atoms with E-state index < -0.39 is 0 Å². The number of hydrogen-bond acceptors (Lipinski definition) is 2. The number of benzene rings is 3. The highest BCUT2D eigenvalue weighted by molar-refractivity contribution is 9.10. The van der Waals surface area contributed by atoms with Crippen molar-refractivity contribution in [3.8, 4) is 5.75 Å². The molecule has 1 N–H and O–H groups in total. The Hall–Kier alpha value is -2.59. The molecular weight excluding hydrogens is 414 g/mol. The molecule has 0 radical (unpaired) electrons. The first-order chi connectivity index (χ1) is 13.7. The summed E-state index contributed by atoms with van der Waals surface area (Å²) in [6, 6.07) is 25.7. The number of carbonyl (C=O) groups is 1. The quantitative estimate of drug-likeness (QED) is 0.472. The molecule has 0 saturated heterocycles. The lowest BCUT2D eigenvalue weighted by Crippen LogP contribution is -2.28. The fourth-order valence-electron chi connectivity index (χ4n) is 3.03. The number of ether oxygens (including phenoxy) is 1. The summed E-state index contributed by atoms with van der Waals surface area (Å²) in [5.41, 5.74) is 2.95. The lowest BCUT2D eigenvalue weighted by atomic mass is 10.0. The monoisotopic (exact) mass is 437 g/mol. The minimum Gasteiger partial charge on any atom is -0.492 e. The second kappa shape index (κ2) is 10.1. The van der Waals surface area contributed by atoms with Crippen LogP contribution in [0.1, 0.15) is 40.9 Å². The zero-order valence-corrected chi connectivity index (χ0v) is 17.5. The smallest absolute Gasteiger partial charge is 0.251 e. The van der Waals surface area contributed by atoms with E-state index in [9.17, 15) is 4.79 Å². The standard InChI is InChI=1S/C24H24BrNO2/c1-2-22(19-11-7-4-8-12-19)26-24(27)20-13-14-23(21(25)17-20)28-16-15-18-9-5-3-6-10-18/h3-14,17,22H,2,15-16H2,1H3,(H,26,27). The fraction of sp³-hybridized carbons (Fsp3) is 0.208. The molecule has 0 heterocycles. The number of amides is 1. The molecule has 1 atom stereocenters. The molecule has 0 aliphatic heterocycles. The van der Waals surface area contributed by atoms with Gasteiger partial charge in [-0.1, -0.05) is 67.6 Å². The first kappa shape index (κ1) is 20.2. The van der Waals surface area contributed by atoms with Crippen molar-refractivity contribution in [2.45, 2.75) is 25.8 Å². The maximum absolute atomic E-state index is 12.7. The topological polar surface area (TPSA) is 38.3 Å². The molecule has 144 valence electrons. The van der Waals surface area contributed by atoms with Crippen molar-refractivity contribution in [2.75, 3.05) is 6.61 Å². The number of rotatable bonds is 8. The summed E-state index contributed by atoms with van der Waals surface area (Å²) in [4.78, 5) is 12.7. The second-order valence-electron chi connectivity index (χ2n) is 6.57. The number of hydrogen-bond donors (Lipinski definition) is 1. The van der Waals surface area contributed by atoms with Gasteiger partial charge in [-0.05, 0) is 51.7 Å². The van der Waals surface area contributed by atoms with Crippen LogP contribution in [-0.4, -0.2) is 12.5 Å². The van der Waals surface area contributed by atoms with Crippen LogP contribution in [0.15, 0.2) is 83.3 Å². The molecule has 0 fully saturated rings. The van der Waals surface area contributed by atoms with Gasteiger partial charge < -0.3 is 10.1 Å². The van der Waals surface area contributed by atoms with Crippen molar-refractivity contribution in [1.82, 2.24) is 5.32 Å². The van der Waals surface area contributed by atoms with E-state index in [1.807, 2.05) is 60.7 Å². The Morgan fingerprint density at radius 2 is 1.68 bits per heavy atom. The van der Waals surface area contributed by atoms with E-state index in [1.165, 1.54) is 5.56 Å². The molecule has 1 unspecified atom stereocenters. The summed E-state index contributed by atoms with van der Waals surface area (Å²) in [7, 11) is 0. The van der Waals surface area contributed by atoms with E-state index in [0.717, 1.165) is 28.6 Å². The Morgan fingerprint density at radius 1 is 1.00 bits per heavy atom. The van der Waals surface area contributed by atoms with Gasteiger partial charge in [0.05, 0.1) is 17.1 Å². The molecule has 0 bridgehead atoms. The summed E-state index contributed by atoms with van der Waals surface area (Å²) in [6.45, 7) is 2.65. The van der Waals surface area contributed by atoms with Crippen LogP contribution in [0.2, 0.25) is 0 Å². The van der Waals surface area contributed by atoms with E-state index in [-0.39, 0.29) is 11.9 Å². The van der Waals surface area contributed by atoms with E-state index in [1.54, 1.807) is 6.07 Å². The first-order valence-corrected chi connectivity index (χ1v) is 10.3. The zero-order chi connectivity index (χ0) is 19.8. The molecule has 0 saturated carbocycles. The van der Waals surface area contributed by atoms with Crippen molar-refractivity contribution >= 4 is 21.8 Å². The van der Waals surface area contributed by atoms with Gasteiger partial charge >= 0.3 is 0 Å². The van der Waals surface area contributed by atoms with Gasteiger partial charge in [0.1, 0.15) is 5.75 Å². The van der Waals surface area contributed by atoms with Crippen molar-refractivity contribution in [2.24, 2.45) is 0 Å². The third kappa shape index (κ3) is 5.46. The maximum Gasteiger partial charge on any atom is 0.251 e. The summed E-state index contributed by atoms with van der Waals surface area (Å²) in [5, 5.41) is 3.11. The highest BCUT2D eigenvalue weighted by atomic mass is 79.9. The molecule has 0 spiro atoms. The average Bonchev–Trinajstić information content (AvgIpc) is 2.74. The van der Waals surface area contributed by atoms with Crippen molar-refractivity contribution in [1.29, 1.82) is 0 Å². The summed E-state index contributed by atoms with van der Waals surface area (Å²) >= 11 is 3.53. The van der Waals surface area contributed by atoms with Gasteiger partial charge in [-0.15, -0.1) is 0 Å². The fourth-order valence-corrected chi connectivity index (χ4v) is 3.52. The van der Waals surface area contributed by atoms with Crippen LogP contribution in [0.25, 0.3) is 0 Å². The first-order valence-electron chi connectivity index (χ1n) is 9.49. The predicted molar refractivity (Wildman–Crippen MR) is 117 cm³/mol. The Labute approximate surface area is 174 Å². The van der Waals surface area contributed by atoms with Gasteiger partial charge in [0.25, 0.3) is 5.91 Å². The molecule has 3 nitrogen and oxygen atoms in total. The number of nitrogens with one attached hydrogen (secondary N) is 1. The molecular formula is C24H24BrNO2. The molecule has 0 aromatic heterocycles. The van der Waals surface area contributed by atoms with E-state index in [0.29, 0.717) is 12.2 Å². The van der Waals surface area contributed by atoms with Crippen molar-refractivity contribution < 1.29 is 9.53 Å². The Bertz CT molecular complexity index is 897. The van der Waals surface area contributed by atoms with E-state index in [2.05, 4.69) is 40.3 Å². The Morgan fingerprint density at radius 3 is 2.32 bits per heavy atom. The van der Waals surface area contributed by atoms with Gasteiger partial charge in [0, 0.05) is 12.0 Å². The van der Waals surface area contributed by atoms with Gasteiger partial charge in [-0.2, -0.15) is 0 Å². The Balaban J connectivity index is 1.60. The minimum atomic E-state index is -0.0905. The van der Waals surface area contributed by atoms with Gasteiger partial charge in [0.15, 0.2) is 0 Å². The molecule has 0 aliphatic rings. The van der Waals surface area contributed by atoms with Crippen molar-refractivity contribution in [3.05, 3.63) is 100 Å². The normalized spacial score (nSPS) is 11.6. The third-order valence-corrected chi connectivity index (χ3v) is 5.22. The zero-order valence-electron chi connectivity index (χ0n) is 15.9. The molecule has 4 heteroatoms. The molecule has 0 aliphatic carbocycles. The van der Waals surface area contributed by atoms with Gasteiger partial charge in [-0.3, -0.25) is 4.79 Å². The largest absolute Gasteiger partial charge is 0.492 e. The SMILES string of the molecule is CCC(NC(=O)c1ccc(OCCc2ccccc2)c(Br)c1)c1ccccc1. The number of carbonyl (C=O) groups excluding carboxylic acids is 1. The predicted octanol–water partition coefficient (Wildman–Crippen LogP) is 5.95. The molecule has 3 aromatic rings. The molecule has 28 heavy (non-hydrogen) atoms. The summed E-state index contributed by atoms with van der Waals surface area (Å²) < 4.78 is 6.65. The van der Waals surface area contributed by atoms with Gasteiger partial charge in [0.2, 0.25) is 0 Å². The summed E-state index contributed by atoms with van der Waals surface area (Å²) in [6.07, 6.45) is 1.67. The highest BCUT2D eigenvalue weighted by Crippen LogP contribution is 2.27. The van der Waals surface area contributed by atoms with Crippen LogP contribution < -0.4 is 10.1 Å². The van der Waals surface area contributed by atoms with Crippen LogP contribution in [0, 0.1) is 0 Å². The van der Waals surface area contributed by atoms with Crippen LogP contribution in [-0.2, 0) is 6.42 Å². The lowest BCUT2D eigenvalue weighted by Gasteiger charge is -2.18. The highest BCUT2D eigenvalue weighted by Gasteiger charge is 2.15. The van der Waals surface area contributed by atoms with E-state index in [4.69, 9.17) is 4.74 Å². The second-order valence-corrected chi connectivity index (χ2v) is 7.43. The van der Waals surface area contributed by atoms with E-state index >= 15 is 0 Å². The molecule has 3 rings (SSSR count). The van der Waals surface area contributed by atoms with Crippen LogP contribution in [0.4, 0.5) is 0 Å². The van der Waals surface area contributed by atoms with Gasteiger partial charge in [-0.25, -0.2) is 0 Å². The lowest BCUT2D eigenvalue weighted by molar-refractivity contribution is 0.0935. The van der Waals surface area contributed by atoms with Crippen molar-refractivity contribution in [3.63, 3.8) is 0 Å². The van der Waals surface area contributed by atoms with Crippen LogP contribution in [0.5, 0.6) is 5.75 Å². The summed E-state index contributed by atoms with van der Waals surface area (Å²) in [5.74, 6) is 0.648. The Kier molecular flexibility index (Phi) is 7.26. The molecule has 3 aromatic carbocycles. The minimum absolute atomic E-state index is 0.00530. The number of halogens is 1. The maximum atomic E-state index is 12.7. The van der Waals surface area contributed by atoms with Crippen LogP contribution in [0.3, 0.4) is 0 Å².